The van der Waals surface area contributed by atoms with Gasteiger partial charge in [-0.2, -0.15) is 0 Å². The van der Waals surface area contributed by atoms with Crippen molar-refractivity contribution >= 4 is 22.9 Å². The first-order valence-electron chi connectivity index (χ1n) is 8.23. The lowest BCUT2D eigenvalue weighted by molar-refractivity contribution is 0.0696. The van der Waals surface area contributed by atoms with Crippen LogP contribution in [-0.4, -0.2) is 44.5 Å². The van der Waals surface area contributed by atoms with E-state index in [1.54, 1.807) is 30.5 Å². The van der Waals surface area contributed by atoms with Crippen molar-refractivity contribution in [3.8, 4) is 5.69 Å². The number of carboxylic acid groups (broad SMARTS) is 1. The summed E-state index contributed by atoms with van der Waals surface area (Å²) in [5, 5.41) is 9.88. The molecule has 2 aromatic heterocycles. The van der Waals surface area contributed by atoms with Crippen LogP contribution in [-0.2, 0) is 0 Å². The third kappa shape index (κ3) is 2.76. The van der Waals surface area contributed by atoms with Crippen LogP contribution >= 0.6 is 0 Å². The van der Waals surface area contributed by atoms with Crippen LogP contribution in [0.5, 0.6) is 0 Å². The van der Waals surface area contributed by atoms with Crippen molar-refractivity contribution in [2.75, 3.05) is 13.1 Å². The van der Waals surface area contributed by atoms with Gasteiger partial charge in [-0.25, -0.2) is 9.78 Å². The number of pyridine rings is 1. The molecule has 4 rings (SSSR count). The number of likely N-dealkylation sites (tertiary alicyclic amines) is 1. The molecule has 0 radical (unpaired) electrons. The number of benzene rings is 1. The molecular formula is C19H17N3O3. The van der Waals surface area contributed by atoms with E-state index in [4.69, 9.17) is 5.11 Å². The van der Waals surface area contributed by atoms with E-state index in [1.807, 2.05) is 27.8 Å². The van der Waals surface area contributed by atoms with Crippen molar-refractivity contribution in [2.24, 2.45) is 0 Å². The molecule has 1 aromatic carbocycles. The van der Waals surface area contributed by atoms with Crippen LogP contribution in [0.3, 0.4) is 0 Å². The number of amides is 1. The van der Waals surface area contributed by atoms with Crippen LogP contribution in [0.15, 0.2) is 48.8 Å². The maximum absolute atomic E-state index is 12.5. The minimum Gasteiger partial charge on any atom is -0.478 e. The Morgan fingerprint density at radius 1 is 1.00 bits per heavy atom. The second-order valence-electron chi connectivity index (χ2n) is 6.17. The first-order valence-corrected chi connectivity index (χ1v) is 8.23. The SMILES string of the molecule is O=C(O)c1ccc(-n2ccc3cc(C(=O)N4CCCC4)cnc32)cc1. The van der Waals surface area contributed by atoms with E-state index in [-0.39, 0.29) is 11.5 Å². The average molecular weight is 335 g/mol. The fraction of sp³-hybridized carbons (Fsp3) is 0.211. The summed E-state index contributed by atoms with van der Waals surface area (Å²) in [5.74, 6) is -0.919. The summed E-state index contributed by atoms with van der Waals surface area (Å²) in [6.45, 7) is 1.63. The van der Waals surface area contributed by atoms with Gasteiger partial charge < -0.3 is 14.6 Å². The Hall–Kier alpha value is -3.15. The van der Waals surface area contributed by atoms with E-state index in [2.05, 4.69) is 4.98 Å². The van der Waals surface area contributed by atoms with E-state index in [1.165, 1.54) is 0 Å². The molecule has 6 nitrogen and oxygen atoms in total. The predicted octanol–water partition coefficient (Wildman–Crippen LogP) is 2.96. The van der Waals surface area contributed by atoms with Gasteiger partial charge in [-0.3, -0.25) is 4.79 Å². The number of hydrogen-bond donors (Lipinski definition) is 1. The molecule has 6 heteroatoms. The van der Waals surface area contributed by atoms with E-state index in [0.29, 0.717) is 5.56 Å². The zero-order chi connectivity index (χ0) is 17.4. The Balaban J connectivity index is 1.68. The van der Waals surface area contributed by atoms with Gasteiger partial charge in [0.05, 0.1) is 11.1 Å². The highest BCUT2D eigenvalue weighted by atomic mass is 16.4. The third-order valence-electron chi connectivity index (χ3n) is 4.56. The van der Waals surface area contributed by atoms with Gasteiger partial charge in [0.2, 0.25) is 0 Å². The predicted molar refractivity (Wildman–Crippen MR) is 93.2 cm³/mol. The minimum absolute atomic E-state index is 0.0328. The molecule has 1 amide bonds. The fourth-order valence-electron chi connectivity index (χ4n) is 3.22. The van der Waals surface area contributed by atoms with Crippen LogP contribution in [0.2, 0.25) is 0 Å². The summed E-state index contributed by atoms with van der Waals surface area (Å²) >= 11 is 0. The van der Waals surface area contributed by atoms with E-state index >= 15 is 0 Å². The summed E-state index contributed by atoms with van der Waals surface area (Å²) < 4.78 is 1.88. The number of nitrogens with zero attached hydrogens (tertiary/aromatic N) is 3. The topological polar surface area (TPSA) is 75.4 Å². The number of fused-ring (bicyclic) bond motifs is 1. The summed E-state index contributed by atoms with van der Waals surface area (Å²) in [4.78, 5) is 29.8. The van der Waals surface area contributed by atoms with Crippen molar-refractivity contribution in [2.45, 2.75) is 12.8 Å². The minimum atomic E-state index is -0.952. The van der Waals surface area contributed by atoms with Crippen molar-refractivity contribution in [1.29, 1.82) is 0 Å². The first kappa shape index (κ1) is 15.4. The molecule has 1 aliphatic rings. The Morgan fingerprint density at radius 3 is 2.40 bits per heavy atom. The average Bonchev–Trinajstić information content (AvgIpc) is 3.30. The van der Waals surface area contributed by atoms with Gasteiger partial charge in [0.1, 0.15) is 5.65 Å². The summed E-state index contributed by atoms with van der Waals surface area (Å²) in [6.07, 6.45) is 5.61. The molecule has 0 bridgehead atoms. The quantitative estimate of drug-likeness (QED) is 0.798. The lowest BCUT2D eigenvalue weighted by Crippen LogP contribution is -2.27. The lowest BCUT2D eigenvalue weighted by Gasteiger charge is -2.15. The monoisotopic (exact) mass is 335 g/mol. The van der Waals surface area contributed by atoms with Gasteiger partial charge in [-0.15, -0.1) is 0 Å². The highest BCUT2D eigenvalue weighted by Gasteiger charge is 2.20. The first-order chi connectivity index (χ1) is 12.1. The van der Waals surface area contributed by atoms with Crippen LogP contribution in [0, 0.1) is 0 Å². The maximum Gasteiger partial charge on any atom is 0.335 e. The maximum atomic E-state index is 12.5. The van der Waals surface area contributed by atoms with Crippen molar-refractivity contribution < 1.29 is 14.7 Å². The van der Waals surface area contributed by atoms with E-state index in [9.17, 15) is 9.59 Å². The summed E-state index contributed by atoms with van der Waals surface area (Å²) in [5.41, 5.74) is 2.41. The Bertz CT molecular complexity index is 954. The highest BCUT2D eigenvalue weighted by molar-refractivity contribution is 5.97. The number of carboxylic acids is 1. The molecule has 1 N–H and O–H groups in total. The Labute approximate surface area is 144 Å². The van der Waals surface area contributed by atoms with Crippen molar-refractivity contribution in [1.82, 2.24) is 14.5 Å². The molecule has 0 aliphatic carbocycles. The van der Waals surface area contributed by atoms with Gasteiger partial charge in [-0.1, -0.05) is 0 Å². The zero-order valence-corrected chi connectivity index (χ0v) is 13.6. The standard InChI is InChI=1S/C19H17N3O3/c23-18(21-8-1-2-9-21)15-11-14-7-10-22(17(14)20-12-15)16-5-3-13(4-6-16)19(24)25/h3-7,10-12H,1-2,8-9H2,(H,24,25). The number of aromatic nitrogens is 2. The molecule has 3 heterocycles. The Morgan fingerprint density at radius 2 is 1.72 bits per heavy atom. The van der Waals surface area contributed by atoms with E-state index < -0.39 is 5.97 Å². The Kier molecular flexibility index (Phi) is 3.72. The van der Waals surface area contributed by atoms with Crippen LogP contribution in [0.1, 0.15) is 33.6 Å². The number of carbonyl (C=O) groups is 2. The molecule has 0 spiro atoms. The van der Waals surface area contributed by atoms with Gasteiger partial charge in [0.15, 0.2) is 0 Å². The van der Waals surface area contributed by atoms with E-state index in [0.717, 1.165) is 42.7 Å². The summed E-state index contributed by atoms with van der Waals surface area (Å²) in [6, 6.07) is 10.4. The van der Waals surface area contributed by atoms with Gasteiger partial charge in [0, 0.05) is 36.6 Å². The molecule has 1 saturated heterocycles. The molecular weight excluding hydrogens is 318 g/mol. The third-order valence-corrected chi connectivity index (χ3v) is 4.56. The number of carbonyl (C=O) groups excluding carboxylic acids is 1. The second kappa shape index (κ2) is 6.05. The molecule has 3 aromatic rings. The fourth-order valence-corrected chi connectivity index (χ4v) is 3.22. The van der Waals surface area contributed by atoms with Crippen LogP contribution in [0.4, 0.5) is 0 Å². The van der Waals surface area contributed by atoms with Crippen molar-refractivity contribution in [3.63, 3.8) is 0 Å². The highest BCUT2D eigenvalue weighted by Crippen LogP contribution is 2.21. The normalized spacial score (nSPS) is 14.2. The van der Waals surface area contributed by atoms with Crippen LogP contribution < -0.4 is 0 Å². The van der Waals surface area contributed by atoms with Gasteiger partial charge >= 0.3 is 5.97 Å². The molecule has 1 aliphatic heterocycles. The molecule has 25 heavy (non-hydrogen) atoms. The molecule has 0 saturated carbocycles. The van der Waals surface area contributed by atoms with Crippen LogP contribution in [0.25, 0.3) is 16.7 Å². The largest absolute Gasteiger partial charge is 0.478 e. The molecule has 1 fully saturated rings. The van der Waals surface area contributed by atoms with Gasteiger partial charge in [0.25, 0.3) is 5.91 Å². The number of hydrogen-bond acceptors (Lipinski definition) is 3. The van der Waals surface area contributed by atoms with Gasteiger partial charge in [-0.05, 0) is 49.2 Å². The second-order valence-corrected chi connectivity index (χ2v) is 6.17. The van der Waals surface area contributed by atoms with Crippen molar-refractivity contribution in [3.05, 3.63) is 59.9 Å². The molecule has 0 atom stereocenters. The lowest BCUT2D eigenvalue weighted by atomic mass is 10.2. The zero-order valence-electron chi connectivity index (χ0n) is 13.6. The molecule has 126 valence electrons. The summed E-state index contributed by atoms with van der Waals surface area (Å²) in [7, 11) is 0. The number of rotatable bonds is 3. The number of aromatic carboxylic acids is 1. The smallest absolute Gasteiger partial charge is 0.335 e. The molecule has 0 unspecified atom stereocenters.